The molecule has 1 aromatic rings. The van der Waals surface area contributed by atoms with Crippen molar-refractivity contribution in [3.05, 3.63) is 34.7 Å². The molecular formula is C5H4N2O3S. The van der Waals surface area contributed by atoms with E-state index < -0.39 is 16.1 Å². The fraction of sp³-hybridized carbons (Fsp3) is 0. The van der Waals surface area contributed by atoms with Crippen molar-refractivity contribution in [2.45, 2.75) is 0 Å². The van der Waals surface area contributed by atoms with Crippen LogP contribution in [0.2, 0.25) is 0 Å². The van der Waals surface area contributed by atoms with E-state index in [-0.39, 0.29) is 0 Å². The molecule has 6 heteroatoms. The molecule has 0 amide bonds. The van der Waals surface area contributed by atoms with Crippen molar-refractivity contribution < 1.29 is 8.42 Å². The second kappa shape index (κ2) is 3.11. The predicted molar refractivity (Wildman–Crippen MR) is 37.4 cm³/mol. The van der Waals surface area contributed by atoms with Crippen molar-refractivity contribution in [1.29, 1.82) is 0 Å². The highest BCUT2D eigenvalue weighted by Gasteiger charge is 1.87. The molecule has 0 aliphatic carbocycles. The molecule has 0 fully saturated rings. The van der Waals surface area contributed by atoms with Crippen LogP contribution in [0.5, 0.6) is 0 Å². The van der Waals surface area contributed by atoms with Crippen LogP contribution < -0.4 is 5.56 Å². The molecule has 0 bridgehead atoms. The fourth-order valence-corrected chi connectivity index (χ4v) is 0.837. The first kappa shape index (κ1) is 7.67. The first-order valence-electron chi connectivity index (χ1n) is 2.69. The summed E-state index contributed by atoms with van der Waals surface area (Å²) in [5.74, 6) is 0. The minimum absolute atomic E-state index is 0.475. The van der Waals surface area contributed by atoms with Gasteiger partial charge in [0.1, 0.15) is 0 Å². The van der Waals surface area contributed by atoms with Crippen LogP contribution in [0.4, 0.5) is 0 Å². The van der Waals surface area contributed by atoms with Gasteiger partial charge in [0, 0.05) is 12.3 Å². The molecular weight excluding hydrogens is 168 g/mol. The highest BCUT2D eigenvalue weighted by atomic mass is 32.2. The number of hydrogen-bond acceptors (Lipinski definition) is 4. The second-order valence-electron chi connectivity index (χ2n) is 1.68. The molecule has 5 nitrogen and oxygen atoms in total. The highest BCUT2D eigenvalue weighted by molar-refractivity contribution is 7.61. The van der Waals surface area contributed by atoms with E-state index in [1.807, 2.05) is 0 Å². The van der Waals surface area contributed by atoms with Crippen LogP contribution in [0.15, 0.2) is 33.7 Å². The van der Waals surface area contributed by atoms with Crippen LogP contribution in [-0.4, -0.2) is 13.1 Å². The quantitative estimate of drug-likeness (QED) is 0.582. The van der Waals surface area contributed by atoms with Crippen molar-refractivity contribution in [2.24, 2.45) is 4.47 Å². The van der Waals surface area contributed by atoms with Crippen LogP contribution in [0.25, 0.3) is 0 Å². The zero-order valence-corrected chi connectivity index (χ0v) is 6.15. The van der Waals surface area contributed by atoms with Crippen molar-refractivity contribution in [2.75, 3.05) is 0 Å². The first-order valence-corrected chi connectivity index (χ1v) is 3.72. The summed E-state index contributed by atoms with van der Waals surface area (Å²) in [5, 5.41) is 0. The van der Waals surface area contributed by atoms with Gasteiger partial charge in [-0.1, -0.05) is 6.07 Å². The molecule has 0 saturated heterocycles. The monoisotopic (exact) mass is 172 g/mol. The number of pyridine rings is 1. The van der Waals surface area contributed by atoms with Crippen molar-refractivity contribution >= 4 is 10.5 Å². The Bertz CT molecular complexity index is 423. The van der Waals surface area contributed by atoms with Gasteiger partial charge in [-0.3, -0.25) is 4.79 Å². The lowest BCUT2D eigenvalue weighted by Crippen LogP contribution is -2.12. The van der Waals surface area contributed by atoms with Gasteiger partial charge in [-0.15, -0.1) is 0 Å². The minimum Gasteiger partial charge on any atom is -0.267 e. The van der Waals surface area contributed by atoms with E-state index in [0.29, 0.717) is 0 Å². The summed E-state index contributed by atoms with van der Waals surface area (Å²) < 4.78 is 23.7. The number of aromatic nitrogens is 1. The Balaban J connectivity index is 3.37. The van der Waals surface area contributed by atoms with Crippen molar-refractivity contribution in [3.63, 3.8) is 0 Å². The molecule has 0 atom stereocenters. The molecule has 1 heterocycles. The van der Waals surface area contributed by atoms with Gasteiger partial charge in [-0.2, -0.15) is 13.1 Å². The molecule has 58 valence electrons. The lowest BCUT2D eigenvalue weighted by atomic mass is 10.5. The number of nitrogens with zero attached hydrogens (tertiary/aromatic N) is 2. The summed E-state index contributed by atoms with van der Waals surface area (Å²) in [7, 11) is -2.59. The van der Waals surface area contributed by atoms with Gasteiger partial charge in [-0.25, -0.2) is 0 Å². The minimum atomic E-state index is -2.59. The van der Waals surface area contributed by atoms with Gasteiger partial charge in [0.05, 0.1) is 0 Å². The summed E-state index contributed by atoms with van der Waals surface area (Å²) in [6.07, 6.45) is 1.26. The lowest BCUT2D eigenvalue weighted by Gasteiger charge is -1.88. The van der Waals surface area contributed by atoms with Gasteiger partial charge in [-0.05, 0) is 10.5 Å². The van der Waals surface area contributed by atoms with Crippen LogP contribution in [0.1, 0.15) is 0 Å². The maximum absolute atomic E-state index is 10.8. The lowest BCUT2D eigenvalue weighted by molar-refractivity contribution is 0.615. The molecule has 0 unspecified atom stereocenters. The largest absolute Gasteiger partial charge is 0.333 e. The van der Waals surface area contributed by atoms with E-state index in [4.69, 9.17) is 0 Å². The zero-order valence-electron chi connectivity index (χ0n) is 5.34. The molecule has 11 heavy (non-hydrogen) atoms. The van der Waals surface area contributed by atoms with E-state index in [0.717, 1.165) is 4.68 Å². The van der Waals surface area contributed by atoms with Crippen LogP contribution >= 0.6 is 0 Å². The van der Waals surface area contributed by atoms with E-state index in [9.17, 15) is 13.2 Å². The maximum atomic E-state index is 10.8. The Hall–Kier alpha value is -1.43. The second-order valence-corrected chi connectivity index (χ2v) is 2.28. The molecule has 0 spiro atoms. The first-order chi connectivity index (χ1) is 5.20. The summed E-state index contributed by atoms with van der Waals surface area (Å²) in [6, 6.07) is 4.23. The number of hydrogen-bond donors (Lipinski definition) is 0. The Labute approximate surface area is 63.6 Å². The Morgan fingerprint density at radius 1 is 1.36 bits per heavy atom. The molecule has 1 aromatic heterocycles. The molecule has 0 aliphatic heterocycles. The van der Waals surface area contributed by atoms with Gasteiger partial charge in [0.15, 0.2) is 0 Å². The van der Waals surface area contributed by atoms with E-state index in [1.165, 1.54) is 24.4 Å². The van der Waals surface area contributed by atoms with E-state index in [1.54, 1.807) is 0 Å². The molecule has 0 saturated carbocycles. The molecule has 0 radical (unpaired) electrons. The van der Waals surface area contributed by atoms with Crippen LogP contribution in [0, 0.1) is 0 Å². The third-order valence-corrected chi connectivity index (χ3v) is 1.27. The molecule has 0 aromatic carbocycles. The predicted octanol–water partition coefficient (Wildman–Crippen LogP) is -0.326. The van der Waals surface area contributed by atoms with Gasteiger partial charge < -0.3 is 0 Å². The summed E-state index contributed by atoms with van der Waals surface area (Å²) in [6.45, 7) is 0. The number of rotatable bonds is 1. The van der Waals surface area contributed by atoms with Crippen molar-refractivity contribution in [3.8, 4) is 0 Å². The van der Waals surface area contributed by atoms with Gasteiger partial charge in [0.2, 0.25) is 0 Å². The Morgan fingerprint density at radius 2 is 2.09 bits per heavy atom. The Morgan fingerprint density at radius 3 is 2.64 bits per heavy atom. The third kappa shape index (κ3) is 2.01. The average Bonchev–Trinajstić information content (AvgIpc) is 1.93. The van der Waals surface area contributed by atoms with E-state index in [2.05, 4.69) is 4.47 Å². The topological polar surface area (TPSA) is 68.5 Å². The summed E-state index contributed by atoms with van der Waals surface area (Å²) in [4.78, 5) is 10.8. The highest BCUT2D eigenvalue weighted by Crippen LogP contribution is 1.78. The summed E-state index contributed by atoms with van der Waals surface area (Å²) >= 11 is 0. The standard InChI is InChI=1S/C5H4N2O3S/c8-5-3-1-2-4-7(5)6-11(9)10/h1-4H. The van der Waals surface area contributed by atoms with E-state index >= 15 is 0 Å². The zero-order chi connectivity index (χ0) is 8.27. The third-order valence-electron chi connectivity index (χ3n) is 0.958. The normalized spacial score (nSPS) is 9.09. The SMILES string of the molecule is O=c1ccccn1N=S(=O)=O. The maximum Gasteiger partial charge on any atom is 0.333 e. The molecule has 1 rings (SSSR count). The average molecular weight is 172 g/mol. The fourth-order valence-electron chi connectivity index (χ4n) is 0.558. The Kier molecular flexibility index (Phi) is 2.17. The van der Waals surface area contributed by atoms with Gasteiger partial charge >= 0.3 is 10.5 Å². The smallest absolute Gasteiger partial charge is 0.267 e. The van der Waals surface area contributed by atoms with Crippen molar-refractivity contribution in [1.82, 2.24) is 4.68 Å². The van der Waals surface area contributed by atoms with Gasteiger partial charge in [0.25, 0.3) is 5.56 Å². The van der Waals surface area contributed by atoms with Crippen LogP contribution in [0.3, 0.4) is 0 Å². The molecule has 0 aliphatic rings. The molecule has 0 N–H and O–H groups in total. The van der Waals surface area contributed by atoms with Crippen LogP contribution in [-0.2, 0) is 10.5 Å². The summed E-state index contributed by atoms with van der Waals surface area (Å²) in [5.41, 5.74) is -0.475.